The fourth-order valence-corrected chi connectivity index (χ4v) is 2.83. The second kappa shape index (κ2) is 5.61. The minimum Gasteiger partial charge on any atom is -0.345 e. The smallest absolute Gasteiger partial charge is 0.138 e. The average molecular weight is 253 g/mol. The molecule has 0 amide bonds. The van der Waals surface area contributed by atoms with E-state index >= 15 is 0 Å². The Morgan fingerprint density at radius 2 is 2.44 bits per heavy atom. The highest BCUT2D eigenvalue weighted by molar-refractivity contribution is 8.22. The summed E-state index contributed by atoms with van der Waals surface area (Å²) in [5, 5.41) is 0. The molecule has 3 nitrogen and oxygen atoms in total. The Labute approximate surface area is 106 Å². The van der Waals surface area contributed by atoms with Crippen LogP contribution < -0.4 is 0 Å². The molecule has 1 saturated heterocycles. The SMILES string of the molecule is CCN1CN(Cc2cccnc2)CSC1=S. The quantitative estimate of drug-likeness (QED) is 0.767. The van der Waals surface area contributed by atoms with Crippen molar-refractivity contribution < 1.29 is 0 Å². The lowest BCUT2D eigenvalue weighted by molar-refractivity contribution is 0.210. The molecule has 0 N–H and O–H groups in total. The van der Waals surface area contributed by atoms with Crippen molar-refractivity contribution in [3.05, 3.63) is 30.1 Å². The molecule has 0 bridgehead atoms. The topological polar surface area (TPSA) is 19.4 Å². The standard InChI is InChI=1S/C11H15N3S2/c1-2-14-8-13(9-16-11(14)15)7-10-4-3-5-12-6-10/h3-6H,2,7-9H2,1H3. The van der Waals surface area contributed by atoms with Gasteiger partial charge in [-0.3, -0.25) is 9.88 Å². The van der Waals surface area contributed by atoms with Crippen LogP contribution in [0.1, 0.15) is 12.5 Å². The van der Waals surface area contributed by atoms with Crippen LogP contribution in [0, 0.1) is 0 Å². The Bertz CT molecular complexity index is 356. The predicted octanol–water partition coefficient (Wildman–Crippen LogP) is 2.15. The molecule has 0 atom stereocenters. The number of thioether (sulfide) groups is 1. The molecule has 2 rings (SSSR count). The van der Waals surface area contributed by atoms with E-state index in [9.17, 15) is 0 Å². The highest BCUT2D eigenvalue weighted by Crippen LogP contribution is 2.19. The molecule has 1 aromatic heterocycles. The van der Waals surface area contributed by atoms with Gasteiger partial charge in [0.1, 0.15) is 4.32 Å². The Morgan fingerprint density at radius 3 is 3.12 bits per heavy atom. The second-order valence-electron chi connectivity index (χ2n) is 3.73. The Hall–Kier alpha value is -0.650. The summed E-state index contributed by atoms with van der Waals surface area (Å²) in [6.45, 7) is 4.99. The Balaban J connectivity index is 1.94. The first kappa shape index (κ1) is 11.8. The van der Waals surface area contributed by atoms with E-state index in [0.29, 0.717) is 0 Å². The molecule has 1 fully saturated rings. The highest BCUT2D eigenvalue weighted by atomic mass is 32.2. The third-order valence-corrected chi connectivity index (χ3v) is 4.12. The maximum atomic E-state index is 5.29. The van der Waals surface area contributed by atoms with Crippen molar-refractivity contribution in [3.8, 4) is 0 Å². The molecule has 2 heterocycles. The first-order valence-corrected chi connectivity index (χ1v) is 6.72. The molecule has 16 heavy (non-hydrogen) atoms. The molecule has 0 unspecified atom stereocenters. The van der Waals surface area contributed by atoms with Gasteiger partial charge >= 0.3 is 0 Å². The first-order chi connectivity index (χ1) is 7.79. The van der Waals surface area contributed by atoms with Crippen LogP contribution in [0.5, 0.6) is 0 Å². The van der Waals surface area contributed by atoms with E-state index in [4.69, 9.17) is 12.2 Å². The molecule has 0 saturated carbocycles. The fourth-order valence-electron chi connectivity index (χ4n) is 1.65. The van der Waals surface area contributed by atoms with Crippen LogP contribution in [0.3, 0.4) is 0 Å². The van der Waals surface area contributed by atoms with Gasteiger partial charge in [-0.1, -0.05) is 30.0 Å². The van der Waals surface area contributed by atoms with Crippen molar-refractivity contribution in [1.29, 1.82) is 0 Å². The third-order valence-electron chi connectivity index (χ3n) is 2.51. The molecule has 86 valence electrons. The van der Waals surface area contributed by atoms with Crippen LogP contribution in [0.4, 0.5) is 0 Å². The van der Waals surface area contributed by atoms with Gasteiger partial charge in [-0.2, -0.15) is 0 Å². The van der Waals surface area contributed by atoms with E-state index in [1.807, 2.05) is 18.5 Å². The number of hydrogen-bond acceptors (Lipinski definition) is 4. The largest absolute Gasteiger partial charge is 0.345 e. The van der Waals surface area contributed by atoms with Crippen LogP contribution in [-0.4, -0.2) is 38.2 Å². The normalized spacial score (nSPS) is 17.8. The summed E-state index contributed by atoms with van der Waals surface area (Å²) in [5.74, 6) is 0.976. The van der Waals surface area contributed by atoms with Gasteiger partial charge in [0.25, 0.3) is 0 Å². The molecule has 0 spiro atoms. The maximum Gasteiger partial charge on any atom is 0.138 e. The van der Waals surface area contributed by atoms with Crippen LogP contribution in [0.15, 0.2) is 24.5 Å². The van der Waals surface area contributed by atoms with Crippen molar-refractivity contribution in [2.75, 3.05) is 19.1 Å². The molecule has 1 aliphatic heterocycles. The van der Waals surface area contributed by atoms with Gasteiger partial charge in [-0.15, -0.1) is 0 Å². The number of pyridine rings is 1. The van der Waals surface area contributed by atoms with Gasteiger partial charge < -0.3 is 4.90 Å². The molecule has 1 aliphatic rings. The number of nitrogens with zero attached hydrogens (tertiary/aromatic N) is 3. The number of aromatic nitrogens is 1. The number of rotatable bonds is 3. The lowest BCUT2D eigenvalue weighted by atomic mass is 10.3. The van der Waals surface area contributed by atoms with Gasteiger partial charge in [-0.25, -0.2) is 0 Å². The number of thiocarbonyl (C=S) groups is 1. The van der Waals surface area contributed by atoms with Gasteiger partial charge in [0.15, 0.2) is 0 Å². The van der Waals surface area contributed by atoms with E-state index in [2.05, 4.69) is 27.8 Å². The molecular weight excluding hydrogens is 238 g/mol. The van der Waals surface area contributed by atoms with Gasteiger partial charge in [-0.05, 0) is 18.6 Å². The molecule has 0 aromatic carbocycles. The fraction of sp³-hybridized carbons (Fsp3) is 0.455. The van der Waals surface area contributed by atoms with Crippen molar-refractivity contribution in [2.24, 2.45) is 0 Å². The van der Waals surface area contributed by atoms with Gasteiger partial charge in [0.2, 0.25) is 0 Å². The minimum atomic E-state index is 0.928. The van der Waals surface area contributed by atoms with Gasteiger partial charge in [0.05, 0.1) is 12.5 Å². The summed E-state index contributed by atoms with van der Waals surface area (Å²) in [6, 6.07) is 4.09. The van der Waals surface area contributed by atoms with E-state index in [1.165, 1.54) is 5.56 Å². The summed E-state index contributed by atoms with van der Waals surface area (Å²) in [6.07, 6.45) is 3.73. The minimum absolute atomic E-state index is 0.928. The van der Waals surface area contributed by atoms with Crippen molar-refractivity contribution in [1.82, 2.24) is 14.8 Å². The Kier molecular flexibility index (Phi) is 4.15. The molecule has 5 heteroatoms. The third kappa shape index (κ3) is 2.93. The summed E-state index contributed by atoms with van der Waals surface area (Å²) in [7, 11) is 0. The van der Waals surface area contributed by atoms with Crippen LogP contribution in [0.2, 0.25) is 0 Å². The first-order valence-electron chi connectivity index (χ1n) is 5.32. The summed E-state index contributed by atoms with van der Waals surface area (Å²) < 4.78 is 1.02. The summed E-state index contributed by atoms with van der Waals surface area (Å²) in [5.41, 5.74) is 1.26. The zero-order valence-corrected chi connectivity index (χ0v) is 10.9. The molecular formula is C11H15N3S2. The highest BCUT2D eigenvalue weighted by Gasteiger charge is 2.20. The maximum absolute atomic E-state index is 5.29. The summed E-state index contributed by atoms with van der Waals surface area (Å²) >= 11 is 7.03. The van der Waals surface area contributed by atoms with Crippen LogP contribution >= 0.6 is 24.0 Å². The molecule has 0 aliphatic carbocycles. The monoisotopic (exact) mass is 253 g/mol. The number of hydrogen-bond donors (Lipinski definition) is 0. The van der Waals surface area contributed by atoms with Gasteiger partial charge in [0, 0.05) is 25.5 Å². The van der Waals surface area contributed by atoms with Crippen LogP contribution in [-0.2, 0) is 6.54 Å². The molecule has 0 radical (unpaired) electrons. The van der Waals surface area contributed by atoms with E-state index < -0.39 is 0 Å². The average Bonchev–Trinajstić information content (AvgIpc) is 2.33. The second-order valence-corrected chi connectivity index (χ2v) is 5.31. The van der Waals surface area contributed by atoms with Crippen LogP contribution in [0.25, 0.3) is 0 Å². The lowest BCUT2D eigenvalue weighted by Crippen LogP contribution is -2.44. The Morgan fingerprint density at radius 1 is 1.56 bits per heavy atom. The van der Waals surface area contributed by atoms with Crippen molar-refractivity contribution in [3.63, 3.8) is 0 Å². The van der Waals surface area contributed by atoms with E-state index in [-0.39, 0.29) is 0 Å². The predicted molar refractivity (Wildman–Crippen MR) is 72.1 cm³/mol. The van der Waals surface area contributed by atoms with Crippen molar-refractivity contribution in [2.45, 2.75) is 13.5 Å². The van der Waals surface area contributed by atoms with Crippen molar-refractivity contribution >= 4 is 28.3 Å². The summed E-state index contributed by atoms with van der Waals surface area (Å²) in [4.78, 5) is 8.73. The zero-order chi connectivity index (χ0) is 11.4. The zero-order valence-electron chi connectivity index (χ0n) is 9.30. The van der Waals surface area contributed by atoms with E-state index in [0.717, 1.165) is 30.0 Å². The lowest BCUT2D eigenvalue weighted by Gasteiger charge is -2.35. The van der Waals surface area contributed by atoms with E-state index in [1.54, 1.807) is 11.8 Å². The molecule has 1 aromatic rings.